The summed E-state index contributed by atoms with van der Waals surface area (Å²) in [7, 11) is 0. The molecule has 5 nitrogen and oxygen atoms in total. The number of aryl methyl sites for hydroxylation is 3. The molecule has 0 bridgehead atoms. The van der Waals surface area contributed by atoms with Crippen LogP contribution >= 0.6 is 11.3 Å². The highest BCUT2D eigenvalue weighted by atomic mass is 32.1. The van der Waals surface area contributed by atoms with Crippen LogP contribution < -0.4 is 0 Å². The van der Waals surface area contributed by atoms with Crippen LogP contribution in [-0.2, 0) is 19.4 Å². The highest BCUT2D eigenvalue weighted by Crippen LogP contribution is 2.31. The van der Waals surface area contributed by atoms with E-state index >= 15 is 0 Å². The van der Waals surface area contributed by atoms with Crippen molar-refractivity contribution in [2.24, 2.45) is 0 Å². The van der Waals surface area contributed by atoms with E-state index in [1.165, 1.54) is 29.7 Å². The van der Waals surface area contributed by atoms with Gasteiger partial charge in [-0.2, -0.15) is 0 Å². The number of aromatic nitrogens is 2. The molecule has 2 aromatic rings. The van der Waals surface area contributed by atoms with Crippen LogP contribution in [0.5, 0.6) is 0 Å². The zero-order valence-electron chi connectivity index (χ0n) is 15.4. The average molecular weight is 374 g/mol. The SMILES string of the molecule is Cc1nccn1CC1(O)CCN(C(=O)c2cc3c(s2)CCCCC3)CC1. The topological polar surface area (TPSA) is 58.4 Å². The maximum atomic E-state index is 12.9. The number of hydrogen-bond acceptors (Lipinski definition) is 4. The van der Waals surface area contributed by atoms with Gasteiger partial charge in [-0.05, 0) is 57.1 Å². The number of thiophene rings is 1. The largest absolute Gasteiger partial charge is 0.388 e. The molecule has 1 saturated heterocycles. The van der Waals surface area contributed by atoms with Crippen molar-refractivity contribution in [3.8, 4) is 0 Å². The summed E-state index contributed by atoms with van der Waals surface area (Å²) in [6.07, 6.45) is 10.9. The highest BCUT2D eigenvalue weighted by Gasteiger charge is 2.35. The Balaban J connectivity index is 1.40. The first kappa shape index (κ1) is 17.7. The zero-order valence-corrected chi connectivity index (χ0v) is 16.2. The first-order valence-electron chi connectivity index (χ1n) is 9.65. The second-order valence-electron chi connectivity index (χ2n) is 7.74. The molecule has 140 valence electrons. The molecular weight excluding hydrogens is 346 g/mol. The number of aliphatic hydroxyl groups is 1. The van der Waals surface area contributed by atoms with E-state index in [-0.39, 0.29) is 5.91 Å². The number of hydrogen-bond donors (Lipinski definition) is 1. The number of amides is 1. The molecule has 3 heterocycles. The Labute approximate surface area is 158 Å². The lowest BCUT2D eigenvalue weighted by atomic mass is 9.91. The number of fused-ring (bicyclic) bond motifs is 1. The van der Waals surface area contributed by atoms with Gasteiger partial charge in [0.2, 0.25) is 0 Å². The second-order valence-corrected chi connectivity index (χ2v) is 8.88. The fraction of sp³-hybridized carbons (Fsp3) is 0.600. The van der Waals surface area contributed by atoms with Crippen molar-refractivity contribution in [1.29, 1.82) is 0 Å². The number of rotatable bonds is 3. The van der Waals surface area contributed by atoms with E-state index in [0.717, 1.165) is 23.5 Å². The van der Waals surface area contributed by atoms with Crippen LogP contribution in [0, 0.1) is 6.92 Å². The number of carbonyl (C=O) groups is 1. The van der Waals surface area contributed by atoms with Crippen LogP contribution in [-0.4, -0.2) is 44.2 Å². The van der Waals surface area contributed by atoms with Crippen molar-refractivity contribution in [3.05, 3.63) is 39.6 Å². The minimum Gasteiger partial charge on any atom is -0.388 e. The molecule has 0 atom stereocenters. The van der Waals surface area contributed by atoms with E-state index in [4.69, 9.17) is 0 Å². The molecule has 1 aliphatic heterocycles. The standard InChI is InChI=1S/C20H27N3O2S/c1-15-21-9-12-23(15)14-20(25)7-10-22(11-8-20)19(24)18-13-16-5-3-2-4-6-17(16)26-18/h9,12-13,25H,2-8,10-11,14H2,1H3. The number of carbonyl (C=O) groups excluding carboxylic acids is 1. The van der Waals surface area contributed by atoms with Gasteiger partial charge in [-0.25, -0.2) is 4.98 Å². The van der Waals surface area contributed by atoms with Gasteiger partial charge in [-0.15, -0.1) is 11.3 Å². The Hall–Kier alpha value is -1.66. The van der Waals surface area contributed by atoms with E-state index in [9.17, 15) is 9.90 Å². The Morgan fingerprint density at radius 2 is 2.04 bits per heavy atom. The Morgan fingerprint density at radius 1 is 1.27 bits per heavy atom. The maximum absolute atomic E-state index is 12.9. The molecule has 1 fully saturated rings. The van der Waals surface area contributed by atoms with E-state index in [1.54, 1.807) is 17.5 Å². The third kappa shape index (κ3) is 3.58. The molecule has 1 aliphatic carbocycles. The molecule has 1 amide bonds. The monoisotopic (exact) mass is 373 g/mol. The third-order valence-electron chi connectivity index (χ3n) is 5.83. The Morgan fingerprint density at radius 3 is 2.77 bits per heavy atom. The van der Waals surface area contributed by atoms with Crippen molar-refractivity contribution < 1.29 is 9.90 Å². The average Bonchev–Trinajstić information content (AvgIpc) is 3.15. The molecule has 4 rings (SSSR count). The molecule has 6 heteroatoms. The summed E-state index contributed by atoms with van der Waals surface area (Å²) in [6, 6.07) is 2.13. The first-order valence-corrected chi connectivity index (χ1v) is 10.5. The van der Waals surface area contributed by atoms with E-state index in [1.807, 2.05) is 22.6 Å². The predicted octanol–water partition coefficient (Wildman–Crippen LogP) is 3.19. The van der Waals surface area contributed by atoms with Crippen LogP contribution in [0.3, 0.4) is 0 Å². The van der Waals surface area contributed by atoms with Crippen molar-refractivity contribution in [1.82, 2.24) is 14.5 Å². The summed E-state index contributed by atoms with van der Waals surface area (Å²) in [5.41, 5.74) is 0.634. The minimum atomic E-state index is -0.755. The molecule has 2 aromatic heterocycles. The number of piperidine rings is 1. The molecule has 0 spiro atoms. The summed E-state index contributed by atoms with van der Waals surface area (Å²) in [6.45, 7) is 3.73. The number of nitrogens with zero attached hydrogens (tertiary/aromatic N) is 3. The summed E-state index contributed by atoms with van der Waals surface area (Å²) < 4.78 is 1.99. The Kier molecular flexibility index (Phi) is 4.88. The van der Waals surface area contributed by atoms with Crippen LogP contribution in [0.1, 0.15) is 58.0 Å². The second kappa shape index (κ2) is 7.16. The summed E-state index contributed by atoms with van der Waals surface area (Å²) in [4.78, 5) is 21.4. The first-order chi connectivity index (χ1) is 12.5. The molecule has 0 radical (unpaired) electrons. The van der Waals surface area contributed by atoms with Gasteiger partial charge in [0.15, 0.2) is 0 Å². The lowest BCUT2D eigenvalue weighted by Gasteiger charge is -2.38. The van der Waals surface area contributed by atoms with Gasteiger partial charge in [0.25, 0.3) is 5.91 Å². The van der Waals surface area contributed by atoms with E-state index in [0.29, 0.717) is 32.5 Å². The molecule has 0 aromatic carbocycles. The van der Waals surface area contributed by atoms with Crippen LogP contribution in [0.4, 0.5) is 0 Å². The molecule has 2 aliphatic rings. The molecule has 26 heavy (non-hydrogen) atoms. The van der Waals surface area contributed by atoms with Crippen molar-refractivity contribution in [2.45, 2.75) is 64.0 Å². The molecule has 1 N–H and O–H groups in total. The number of likely N-dealkylation sites (tertiary alicyclic amines) is 1. The van der Waals surface area contributed by atoms with Gasteiger partial charge in [0.1, 0.15) is 5.82 Å². The van der Waals surface area contributed by atoms with Crippen LogP contribution in [0.15, 0.2) is 18.5 Å². The van der Waals surface area contributed by atoms with Gasteiger partial charge < -0.3 is 14.6 Å². The zero-order chi connectivity index (χ0) is 18.1. The van der Waals surface area contributed by atoms with Gasteiger partial charge >= 0.3 is 0 Å². The predicted molar refractivity (Wildman–Crippen MR) is 103 cm³/mol. The lowest BCUT2D eigenvalue weighted by Crippen LogP contribution is -2.48. The third-order valence-corrected chi connectivity index (χ3v) is 7.05. The summed E-state index contributed by atoms with van der Waals surface area (Å²) in [5, 5.41) is 10.9. The van der Waals surface area contributed by atoms with Crippen molar-refractivity contribution >= 4 is 17.2 Å². The molecular formula is C20H27N3O2S. The quantitative estimate of drug-likeness (QED) is 0.841. The molecule has 0 unspecified atom stereocenters. The maximum Gasteiger partial charge on any atom is 0.263 e. The summed E-state index contributed by atoms with van der Waals surface area (Å²) in [5.74, 6) is 1.06. The molecule has 0 saturated carbocycles. The van der Waals surface area contributed by atoms with E-state index in [2.05, 4.69) is 11.1 Å². The smallest absolute Gasteiger partial charge is 0.263 e. The highest BCUT2D eigenvalue weighted by molar-refractivity contribution is 7.14. The summed E-state index contributed by atoms with van der Waals surface area (Å²) >= 11 is 1.69. The fourth-order valence-corrected chi connectivity index (χ4v) is 5.32. The van der Waals surface area contributed by atoms with Crippen molar-refractivity contribution in [3.63, 3.8) is 0 Å². The van der Waals surface area contributed by atoms with Gasteiger partial charge in [0, 0.05) is 30.4 Å². The van der Waals surface area contributed by atoms with Gasteiger partial charge in [0.05, 0.1) is 17.0 Å². The van der Waals surface area contributed by atoms with Crippen LogP contribution in [0.25, 0.3) is 0 Å². The lowest BCUT2D eigenvalue weighted by molar-refractivity contribution is -0.0295. The normalized spacial score (nSPS) is 19.8. The Bertz CT molecular complexity index is 763. The van der Waals surface area contributed by atoms with Gasteiger partial charge in [-0.1, -0.05) is 6.42 Å². The van der Waals surface area contributed by atoms with E-state index < -0.39 is 5.60 Å². The van der Waals surface area contributed by atoms with Crippen LogP contribution in [0.2, 0.25) is 0 Å². The van der Waals surface area contributed by atoms with Gasteiger partial charge in [-0.3, -0.25) is 4.79 Å². The number of imidazole rings is 1. The fourth-order valence-electron chi connectivity index (χ4n) is 4.10. The minimum absolute atomic E-state index is 0.143. The van der Waals surface area contributed by atoms with Crippen molar-refractivity contribution in [2.75, 3.05) is 13.1 Å².